The largest absolute Gasteiger partial charge is 0.368 e. The van der Waals surface area contributed by atoms with Gasteiger partial charge in [-0.1, -0.05) is 24.3 Å². The van der Waals surface area contributed by atoms with Crippen molar-refractivity contribution in [3.63, 3.8) is 0 Å². The maximum atomic E-state index is 13.7. The van der Waals surface area contributed by atoms with Crippen molar-refractivity contribution in [1.82, 2.24) is 10.3 Å². The van der Waals surface area contributed by atoms with E-state index in [1.165, 1.54) is 6.07 Å². The third kappa shape index (κ3) is 3.72. The van der Waals surface area contributed by atoms with Gasteiger partial charge in [0.05, 0.1) is 6.42 Å². The fraction of sp³-hybridized carbons (Fsp3) is 0.158. The van der Waals surface area contributed by atoms with Crippen LogP contribution in [0, 0.1) is 11.6 Å². The lowest BCUT2D eigenvalue weighted by molar-refractivity contribution is -0.127. The van der Waals surface area contributed by atoms with Crippen molar-refractivity contribution in [2.24, 2.45) is 5.73 Å². The second-order valence-electron chi connectivity index (χ2n) is 5.96. The van der Waals surface area contributed by atoms with E-state index >= 15 is 0 Å². The van der Waals surface area contributed by atoms with Crippen LogP contribution in [-0.4, -0.2) is 22.8 Å². The highest BCUT2D eigenvalue weighted by atomic mass is 19.1. The third-order valence-corrected chi connectivity index (χ3v) is 4.18. The highest BCUT2D eigenvalue weighted by Gasteiger charge is 2.22. The van der Waals surface area contributed by atoms with Crippen LogP contribution in [0.4, 0.5) is 8.78 Å². The first-order chi connectivity index (χ1) is 12.5. The average molecular weight is 357 g/mol. The van der Waals surface area contributed by atoms with Gasteiger partial charge in [-0.2, -0.15) is 0 Å². The normalized spacial score (nSPS) is 12.1. The van der Waals surface area contributed by atoms with E-state index in [0.717, 1.165) is 28.6 Å². The Balaban J connectivity index is 1.74. The van der Waals surface area contributed by atoms with Crippen molar-refractivity contribution in [2.75, 3.05) is 0 Å². The van der Waals surface area contributed by atoms with E-state index < -0.39 is 35.9 Å². The Morgan fingerprint density at radius 3 is 2.46 bits per heavy atom. The van der Waals surface area contributed by atoms with Crippen LogP contribution in [-0.2, 0) is 22.4 Å². The van der Waals surface area contributed by atoms with Crippen molar-refractivity contribution in [3.05, 3.63) is 71.4 Å². The molecular formula is C19H17F2N3O2. The fourth-order valence-corrected chi connectivity index (χ4v) is 2.85. The molecule has 0 saturated carbocycles. The molecule has 0 aliphatic carbocycles. The van der Waals surface area contributed by atoms with Gasteiger partial charge in [-0.15, -0.1) is 0 Å². The summed E-state index contributed by atoms with van der Waals surface area (Å²) < 4.78 is 27.3. The summed E-state index contributed by atoms with van der Waals surface area (Å²) in [6, 6.07) is 9.88. The molecule has 0 unspecified atom stereocenters. The number of rotatable bonds is 6. The second-order valence-corrected chi connectivity index (χ2v) is 5.96. The topological polar surface area (TPSA) is 88.0 Å². The van der Waals surface area contributed by atoms with Gasteiger partial charge in [0.2, 0.25) is 11.8 Å². The van der Waals surface area contributed by atoms with Gasteiger partial charge in [0, 0.05) is 29.1 Å². The number of primary amides is 1. The maximum absolute atomic E-state index is 13.7. The molecule has 7 heteroatoms. The summed E-state index contributed by atoms with van der Waals surface area (Å²) in [6.45, 7) is 0. The Bertz CT molecular complexity index is 948. The summed E-state index contributed by atoms with van der Waals surface area (Å²) in [5, 5.41) is 3.37. The van der Waals surface area contributed by atoms with E-state index in [1.54, 1.807) is 6.20 Å². The first-order valence-electron chi connectivity index (χ1n) is 8.02. The zero-order chi connectivity index (χ0) is 18.7. The molecular weight excluding hydrogens is 340 g/mol. The molecule has 134 valence electrons. The number of amides is 2. The molecule has 0 fully saturated rings. The average Bonchev–Trinajstić information content (AvgIpc) is 3.01. The number of nitrogens with one attached hydrogen (secondary N) is 2. The predicted molar refractivity (Wildman–Crippen MR) is 93.2 cm³/mol. The number of carbonyl (C=O) groups excluding carboxylic acids is 2. The van der Waals surface area contributed by atoms with Crippen LogP contribution in [0.25, 0.3) is 10.9 Å². The van der Waals surface area contributed by atoms with Gasteiger partial charge in [0.25, 0.3) is 0 Å². The number of halogens is 2. The SMILES string of the molecule is NC(=O)[C@@H](Cc1c[nH]c2ccccc12)NC(=O)Cc1c(F)cccc1F. The Morgan fingerprint density at radius 1 is 1.08 bits per heavy atom. The summed E-state index contributed by atoms with van der Waals surface area (Å²) in [4.78, 5) is 27.0. The van der Waals surface area contributed by atoms with Gasteiger partial charge in [-0.3, -0.25) is 9.59 Å². The Hall–Kier alpha value is -3.22. The number of para-hydroxylation sites is 1. The first-order valence-corrected chi connectivity index (χ1v) is 8.02. The quantitative estimate of drug-likeness (QED) is 0.631. The van der Waals surface area contributed by atoms with E-state index in [0.29, 0.717) is 0 Å². The van der Waals surface area contributed by atoms with E-state index in [9.17, 15) is 18.4 Å². The highest BCUT2D eigenvalue weighted by molar-refractivity contribution is 5.89. The molecule has 1 aromatic heterocycles. The predicted octanol–water partition coefficient (Wildman–Crippen LogP) is 2.20. The van der Waals surface area contributed by atoms with Gasteiger partial charge in [0.15, 0.2) is 0 Å². The lowest BCUT2D eigenvalue weighted by Gasteiger charge is -2.15. The molecule has 0 radical (unpaired) electrons. The van der Waals surface area contributed by atoms with Crippen LogP contribution >= 0.6 is 0 Å². The van der Waals surface area contributed by atoms with Gasteiger partial charge < -0.3 is 16.0 Å². The number of aromatic nitrogens is 1. The van der Waals surface area contributed by atoms with Gasteiger partial charge in [-0.25, -0.2) is 8.78 Å². The lowest BCUT2D eigenvalue weighted by atomic mass is 10.0. The van der Waals surface area contributed by atoms with Gasteiger partial charge in [0.1, 0.15) is 17.7 Å². The molecule has 0 bridgehead atoms. The number of benzene rings is 2. The monoisotopic (exact) mass is 357 g/mol. The number of hydrogen-bond donors (Lipinski definition) is 3. The number of hydrogen-bond acceptors (Lipinski definition) is 2. The van der Waals surface area contributed by atoms with Crippen LogP contribution < -0.4 is 11.1 Å². The van der Waals surface area contributed by atoms with Crippen LogP contribution in [0.3, 0.4) is 0 Å². The minimum Gasteiger partial charge on any atom is -0.368 e. The Labute approximate surface area is 148 Å². The standard InChI is InChI=1S/C19H17F2N3O2/c20-14-5-3-6-15(21)13(14)9-18(25)24-17(19(22)26)8-11-10-23-16-7-2-1-4-12(11)16/h1-7,10,17,23H,8-9H2,(H2,22,26)(H,24,25)/t17-/m1/s1. The smallest absolute Gasteiger partial charge is 0.240 e. The molecule has 3 rings (SSSR count). The Kier molecular flexibility index (Phi) is 4.97. The van der Waals surface area contributed by atoms with Crippen LogP contribution in [0.15, 0.2) is 48.7 Å². The van der Waals surface area contributed by atoms with E-state index in [2.05, 4.69) is 10.3 Å². The fourth-order valence-electron chi connectivity index (χ4n) is 2.85. The zero-order valence-corrected chi connectivity index (χ0v) is 13.8. The molecule has 1 heterocycles. The highest BCUT2D eigenvalue weighted by Crippen LogP contribution is 2.19. The minimum atomic E-state index is -0.989. The molecule has 0 aliphatic heterocycles. The van der Waals surface area contributed by atoms with E-state index in [1.807, 2.05) is 24.3 Å². The first kappa shape index (κ1) is 17.6. The number of fused-ring (bicyclic) bond motifs is 1. The molecule has 2 aromatic carbocycles. The molecule has 2 amide bonds. The van der Waals surface area contributed by atoms with E-state index in [-0.39, 0.29) is 12.0 Å². The van der Waals surface area contributed by atoms with Crippen molar-refractivity contribution < 1.29 is 18.4 Å². The summed E-state index contributed by atoms with van der Waals surface area (Å²) in [5.74, 6) is -3.03. The van der Waals surface area contributed by atoms with Crippen LogP contribution in [0.2, 0.25) is 0 Å². The number of nitrogens with two attached hydrogens (primary N) is 1. The molecule has 3 aromatic rings. The van der Waals surface area contributed by atoms with Crippen LogP contribution in [0.5, 0.6) is 0 Å². The molecule has 0 spiro atoms. The lowest BCUT2D eigenvalue weighted by Crippen LogP contribution is -2.46. The number of carbonyl (C=O) groups is 2. The van der Waals surface area contributed by atoms with Gasteiger partial charge >= 0.3 is 0 Å². The third-order valence-electron chi connectivity index (χ3n) is 4.18. The molecule has 1 atom stereocenters. The molecule has 0 aliphatic rings. The molecule has 26 heavy (non-hydrogen) atoms. The number of H-pyrrole nitrogens is 1. The molecule has 0 saturated heterocycles. The Morgan fingerprint density at radius 2 is 1.77 bits per heavy atom. The summed E-state index contributed by atoms with van der Waals surface area (Å²) >= 11 is 0. The van der Waals surface area contributed by atoms with Crippen molar-refractivity contribution in [2.45, 2.75) is 18.9 Å². The second kappa shape index (κ2) is 7.35. The molecule has 4 N–H and O–H groups in total. The summed E-state index contributed by atoms with van der Waals surface area (Å²) in [5.41, 5.74) is 6.74. The van der Waals surface area contributed by atoms with Crippen molar-refractivity contribution >= 4 is 22.7 Å². The van der Waals surface area contributed by atoms with Gasteiger partial charge in [-0.05, 0) is 23.8 Å². The zero-order valence-electron chi connectivity index (χ0n) is 13.8. The number of aromatic amines is 1. The van der Waals surface area contributed by atoms with Crippen molar-refractivity contribution in [3.8, 4) is 0 Å². The summed E-state index contributed by atoms with van der Waals surface area (Å²) in [6.07, 6.45) is 1.39. The van der Waals surface area contributed by atoms with Crippen molar-refractivity contribution in [1.29, 1.82) is 0 Å². The minimum absolute atomic E-state index is 0.171. The van der Waals surface area contributed by atoms with E-state index in [4.69, 9.17) is 5.73 Å². The summed E-state index contributed by atoms with van der Waals surface area (Å²) in [7, 11) is 0. The van der Waals surface area contributed by atoms with Crippen LogP contribution in [0.1, 0.15) is 11.1 Å². The maximum Gasteiger partial charge on any atom is 0.240 e. The molecule has 5 nitrogen and oxygen atoms in total.